The molecule has 0 aliphatic carbocycles. The molecule has 24 heavy (non-hydrogen) atoms. The van der Waals surface area contributed by atoms with Crippen molar-refractivity contribution in [3.8, 4) is 17.2 Å². The summed E-state index contributed by atoms with van der Waals surface area (Å²) < 4.78 is 11.4. The van der Waals surface area contributed by atoms with E-state index in [-0.39, 0.29) is 11.8 Å². The number of methoxy groups -OCH3 is 1. The molecule has 2 aromatic carbocycles. The van der Waals surface area contributed by atoms with E-state index < -0.39 is 5.91 Å². The van der Waals surface area contributed by atoms with E-state index in [0.717, 1.165) is 10.0 Å². The molecule has 0 bridgehead atoms. The Kier molecular flexibility index (Phi) is 4.61. The number of hydrogen-bond donors (Lipinski definition) is 1. The normalized spacial score (nSPS) is 10.5. The van der Waals surface area contributed by atoms with E-state index in [9.17, 15) is 4.79 Å². The van der Waals surface area contributed by atoms with Gasteiger partial charge in [0.25, 0.3) is 0 Å². The molecule has 7 heteroatoms. The van der Waals surface area contributed by atoms with Gasteiger partial charge in [-0.15, -0.1) is 10.2 Å². The van der Waals surface area contributed by atoms with Gasteiger partial charge >= 0.3 is 11.8 Å². The van der Waals surface area contributed by atoms with Gasteiger partial charge in [0.1, 0.15) is 5.75 Å². The lowest BCUT2D eigenvalue weighted by Gasteiger charge is -2.05. The third-order valence-electron chi connectivity index (χ3n) is 3.31. The maximum absolute atomic E-state index is 12.3. The highest BCUT2D eigenvalue weighted by Crippen LogP contribution is 2.25. The minimum atomic E-state index is -0.471. The lowest BCUT2D eigenvalue weighted by atomic mass is 10.2. The molecule has 0 radical (unpaired) electrons. The highest BCUT2D eigenvalue weighted by atomic mass is 79.9. The second-order valence-electron chi connectivity index (χ2n) is 5.08. The fourth-order valence-electron chi connectivity index (χ4n) is 2.09. The van der Waals surface area contributed by atoms with Crippen LogP contribution in [0.5, 0.6) is 5.75 Å². The van der Waals surface area contributed by atoms with Crippen molar-refractivity contribution >= 4 is 27.5 Å². The van der Waals surface area contributed by atoms with E-state index in [4.69, 9.17) is 9.15 Å². The van der Waals surface area contributed by atoms with E-state index in [1.165, 1.54) is 0 Å². The summed E-state index contributed by atoms with van der Waals surface area (Å²) in [5, 5.41) is 10.5. The van der Waals surface area contributed by atoms with Crippen molar-refractivity contribution in [2.45, 2.75) is 6.92 Å². The summed E-state index contributed by atoms with van der Waals surface area (Å²) in [6.45, 7) is 1.97. The molecule has 1 aromatic heterocycles. The van der Waals surface area contributed by atoms with Crippen molar-refractivity contribution in [3.63, 3.8) is 0 Å². The van der Waals surface area contributed by atoms with E-state index in [1.54, 1.807) is 25.3 Å². The van der Waals surface area contributed by atoms with Crippen LogP contribution in [0.2, 0.25) is 0 Å². The van der Waals surface area contributed by atoms with Crippen molar-refractivity contribution in [1.29, 1.82) is 0 Å². The van der Waals surface area contributed by atoms with Crippen LogP contribution >= 0.6 is 15.9 Å². The first-order valence-electron chi connectivity index (χ1n) is 7.12. The van der Waals surface area contributed by atoms with Crippen LogP contribution in [-0.2, 0) is 0 Å². The molecule has 0 atom stereocenters. The van der Waals surface area contributed by atoms with Gasteiger partial charge in [0, 0.05) is 10.0 Å². The molecule has 1 heterocycles. The van der Waals surface area contributed by atoms with Crippen LogP contribution in [0.15, 0.2) is 51.4 Å². The van der Waals surface area contributed by atoms with Crippen molar-refractivity contribution in [1.82, 2.24) is 10.2 Å². The summed E-state index contributed by atoms with van der Waals surface area (Å²) >= 11 is 3.41. The zero-order valence-corrected chi connectivity index (χ0v) is 14.6. The number of aromatic nitrogens is 2. The number of halogens is 1. The molecule has 0 unspecified atom stereocenters. The van der Waals surface area contributed by atoms with Crippen LogP contribution in [0.4, 0.5) is 5.69 Å². The number of anilines is 1. The second-order valence-corrected chi connectivity index (χ2v) is 5.94. The van der Waals surface area contributed by atoms with Gasteiger partial charge in [-0.2, -0.15) is 0 Å². The Morgan fingerprint density at radius 2 is 2.04 bits per heavy atom. The molecule has 0 spiro atoms. The largest absolute Gasteiger partial charge is 0.497 e. The van der Waals surface area contributed by atoms with Crippen LogP contribution < -0.4 is 10.1 Å². The molecule has 6 nitrogen and oxygen atoms in total. The molecule has 3 aromatic rings. The Labute approximate surface area is 147 Å². The molecule has 0 aliphatic rings. The molecule has 3 rings (SSSR count). The smallest absolute Gasteiger partial charge is 0.313 e. The maximum Gasteiger partial charge on any atom is 0.313 e. The van der Waals surface area contributed by atoms with Gasteiger partial charge in [-0.1, -0.05) is 12.1 Å². The first kappa shape index (κ1) is 16.2. The van der Waals surface area contributed by atoms with Gasteiger partial charge < -0.3 is 14.5 Å². The van der Waals surface area contributed by atoms with Crippen LogP contribution in [-0.4, -0.2) is 23.2 Å². The highest BCUT2D eigenvalue weighted by molar-refractivity contribution is 9.10. The highest BCUT2D eigenvalue weighted by Gasteiger charge is 2.17. The molecule has 0 saturated carbocycles. The molecular weight excluding hydrogens is 374 g/mol. The van der Waals surface area contributed by atoms with E-state index in [1.807, 2.05) is 31.2 Å². The number of amides is 1. The second kappa shape index (κ2) is 6.84. The van der Waals surface area contributed by atoms with E-state index >= 15 is 0 Å². The maximum atomic E-state index is 12.3. The number of carbonyl (C=O) groups is 1. The molecular formula is C17H14BrN3O3. The minimum Gasteiger partial charge on any atom is -0.497 e. The Balaban J connectivity index is 1.80. The van der Waals surface area contributed by atoms with Gasteiger partial charge in [0.2, 0.25) is 5.89 Å². The number of hydrogen-bond acceptors (Lipinski definition) is 5. The Morgan fingerprint density at radius 1 is 1.21 bits per heavy atom. The topological polar surface area (TPSA) is 77.2 Å². The summed E-state index contributed by atoms with van der Waals surface area (Å²) in [6, 6.07) is 12.8. The number of nitrogens with one attached hydrogen (secondary N) is 1. The lowest BCUT2D eigenvalue weighted by molar-refractivity contribution is 0.0991. The van der Waals surface area contributed by atoms with Crippen molar-refractivity contribution in [3.05, 3.63) is 58.4 Å². The predicted octanol–water partition coefficient (Wildman–Crippen LogP) is 4.07. The van der Waals surface area contributed by atoms with Crippen LogP contribution in [0.3, 0.4) is 0 Å². The SMILES string of the molecule is COc1cccc(-c2nnc(C(=O)Nc3ccc(C)cc3Br)o2)c1. The Morgan fingerprint density at radius 3 is 2.79 bits per heavy atom. The molecule has 122 valence electrons. The lowest BCUT2D eigenvalue weighted by Crippen LogP contribution is -2.12. The number of aryl methyl sites for hydroxylation is 1. The molecule has 1 amide bonds. The van der Waals surface area contributed by atoms with Gasteiger partial charge in [-0.25, -0.2) is 0 Å². The monoisotopic (exact) mass is 387 g/mol. The quantitative estimate of drug-likeness (QED) is 0.729. The summed E-state index contributed by atoms with van der Waals surface area (Å²) in [5.74, 6) is 0.337. The molecule has 0 fully saturated rings. The predicted molar refractivity (Wildman–Crippen MR) is 93.1 cm³/mol. The molecule has 0 saturated heterocycles. The van der Waals surface area contributed by atoms with Crippen molar-refractivity contribution < 1.29 is 13.9 Å². The average Bonchev–Trinajstić information content (AvgIpc) is 3.07. The van der Waals surface area contributed by atoms with Crippen LogP contribution in [0.1, 0.15) is 16.2 Å². The fourth-order valence-corrected chi connectivity index (χ4v) is 2.68. The summed E-state index contributed by atoms with van der Waals surface area (Å²) in [4.78, 5) is 12.3. The third-order valence-corrected chi connectivity index (χ3v) is 3.96. The fraction of sp³-hybridized carbons (Fsp3) is 0.118. The summed E-state index contributed by atoms with van der Waals surface area (Å²) in [7, 11) is 1.57. The van der Waals surface area contributed by atoms with E-state index in [2.05, 4.69) is 31.4 Å². The van der Waals surface area contributed by atoms with Crippen LogP contribution in [0, 0.1) is 6.92 Å². The number of carbonyl (C=O) groups excluding carboxylic acids is 1. The first-order chi connectivity index (χ1) is 11.6. The van der Waals surface area contributed by atoms with Gasteiger partial charge in [-0.05, 0) is 58.7 Å². The van der Waals surface area contributed by atoms with Gasteiger partial charge in [0.15, 0.2) is 0 Å². The van der Waals surface area contributed by atoms with Gasteiger partial charge in [-0.3, -0.25) is 4.79 Å². The zero-order chi connectivity index (χ0) is 17.1. The molecule has 1 N–H and O–H groups in total. The third kappa shape index (κ3) is 3.46. The minimum absolute atomic E-state index is 0.111. The number of ether oxygens (including phenoxy) is 1. The van der Waals surface area contributed by atoms with Crippen molar-refractivity contribution in [2.24, 2.45) is 0 Å². The number of rotatable bonds is 4. The molecule has 0 aliphatic heterocycles. The zero-order valence-electron chi connectivity index (χ0n) is 13.0. The van der Waals surface area contributed by atoms with Crippen LogP contribution in [0.25, 0.3) is 11.5 Å². The number of benzene rings is 2. The standard InChI is InChI=1S/C17H14BrN3O3/c1-10-6-7-14(13(18)8-10)19-15(22)17-21-20-16(24-17)11-4-3-5-12(9-11)23-2/h3-9H,1-2H3,(H,19,22). The summed E-state index contributed by atoms with van der Waals surface area (Å²) in [5.41, 5.74) is 2.39. The first-order valence-corrected chi connectivity index (χ1v) is 7.91. The average molecular weight is 388 g/mol. The van der Waals surface area contributed by atoms with Crippen molar-refractivity contribution in [2.75, 3.05) is 12.4 Å². The van der Waals surface area contributed by atoms with E-state index in [0.29, 0.717) is 17.0 Å². The van der Waals surface area contributed by atoms with Gasteiger partial charge in [0.05, 0.1) is 12.8 Å². The Bertz CT molecular complexity index is 892. The summed E-state index contributed by atoms with van der Waals surface area (Å²) in [6.07, 6.45) is 0. The number of nitrogens with zero attached hydrogens (tertiary/aromatic N) is 2. The Hall–Kier alpha value is -2.67.